The zero-order valence-electron chi connectivity index (χ0n) is 18.7. The van der Waals surface area contributed by atoms with Crippen LogP contribution in [0.5, 0.6) is 0 Å². The summed E-state index contributed by atoms with van der Waals surface area (Å²) in [6, 6.07) is 15.1. The van der Waals surface area contributed by atoms with Gasteiger partial charge in [0, 0.05) is 24.9 Å². The van der Waals surface area contributed by atoms with Gasteiger partial charge in [0.15, 0.2) is 0 Å². The van der Waals surface area contributed by atoms with Crippen molar-refractivity contribution in [1.29, 1.82) is 0 Å². The van der Waals surface area contributed by atoms with E-state index in [-0.39, 0.29) is 30.9 Å². The maximum Gasteiger partial charge on any atom is 0.407 e. The third kappa shape index (κ3) is 5.10. The molecule has 0 fully saturated rings. The molecule has 1 aliphatic carbocycles. The van der Waals surface area contributed by atoms with Crippen molar-refractivity contribution in [3.63, 3.8) is 0 Å². The van der Waals surface area contributed by atoms with Crippen molar-refractivity contribution in [3.8, 4) is 11.1 Å². The Morgan fingerprint density at radius 1 is 1.03 bits per heavy atom. The number of aliphatic carboxylic acids is 1. The van der Waals surface area contributed by atoms with Crippen LogP contribution >= 0.6 is 0 Å². The van der Waals surface area contributed by atoms with E-state index in [1.807, 2.05) is 24.3 Å². The molecule has 2 N–H and O–H groups in total. The van der Waals surface area contributed by atoms with Gasteiger partial charge >= 0.3 is 12.1 Å². The van der Waals surface area contributed by atoms with Gasteiger partial charge in [-0.1, -0.05) is 48.5 Å². The van der Waals surface area contributed by atoms with E-state index in [1.54, 1.807) is 13.8 Å². The summed E-state index contributed by atoms with van der Waals surface area (Å²) in [4.78, 5) is 37.2. The van der Waals surface area contributed by atoms with Crippen molar-refractivity contribution in [1.82, 2.24) is 10.2 Å². The van der Waals surface area contributed by atoms with Gasteiger partial charge in [-0.3, -0.25) is 4.79 Å². The second-order valence-electron chi connectivity index (χ2n) is 8.10. The summed E-state index contributed by atoms with van der Waals surface area (Å²) in [5.41, 5.74) is 4.62. The molecule has 170 valence electrons. The fourth-order valence-electron chi connectivity index (χ4n) is 4.20. The summed E-state index contributed by atoms with van der Waals surface area (Å²) >= 11 is 0. The molecular weight excluding hydrogens is 408 g/mol. The fraction of sp³-hybridized carbons (Fsp3) is 0.400. The number of benzene rings is 2. The van der Waals surface area contributed by atoms with E-state index in [9.17, 15) is 14.4 Å². The van der Waals surface area contributed by atoms with E-state index in [2.05, 4.69) is 29.6 Å². The van der Waals surface area contributed by atoms with E-state index in [4.69, 9.17) is 9.84 Å². The molecule has 0 bridgehead atoms. The quantitative estimate of drug-likeness (QED) is 0.617. The molecule has 32 heavy (non-hydrogen) atoms. The minimum absolute atomic E-state index is 0.0133. The van der Waals surface area contributed by atoms with Gasteiger partial charge in [-0.15, -0.1) is 0 Å². The zero-order chi connectivity index (χ0) is 23.3. The molecule has 0 aliphatic heterocycles. The Morgan fingerprint density at radius 2 is 1.59 bits per heavy atom. The number of carboxylic acid groups (broad SMARTS) is 1. The van der Waals surface area contributed by atoms with E-state index in [0.717, 1.165) is 11.1 Å². The monoisotopic (exact) mass is 438 g/mol. The van der Waals surface area contributed by atoms with Crippen LogP contribution in [0.2, 0.25) is 0 Å². The standard InChI is InChI=1S/C25H30N2O5/c1-4-27(17(3)24(29)30)23(28)14-13-16(2)26-25(31)32-15-22-20-11-7-5-9-18(20)19-10-6-8-12-21(19)22/h5-12,16-17,22H,4,13-15H2,1-3H3,(H,26,31)(H,29,30). The Labute approximate surface area is 188 Å². The molecule has 2 aromatic rings. The number of nitrogens with one attached hydrogen (secondary N) is 1. The highest BCUT2D eigenvalue weighted by Gasteiger charge is 2.29. The van der Waals surface area contributed by atoms with Crippen molar-refractivity contribution in [2.45, 2.75) is 51.6 Å². The molecule has 1 aliphatic rings. The number of hydrogen-bond acceptors (Lipinski definition) is 4. The lowest BCUT2D eigenvalue weighted by Gasteiger charge is -2.25. The molecule has 2 aromatic carbocycles. The Morgan fingerprint density at radius 3 is 2.12 bits per heavy atom. The molecule has 0 saturated carbocycles. The highest BCUT2D eigenvalue weighted by atomic mass is 16.5. The lowest BCUT2D eigenvalue weighted by molar-refractivity contribution is -0.149. The predicted octanol–water partition coefficient (Wildman–Crippen LogP) is 4.02. The number of carbonyl (C=O) groups is 3. The van der Waals surface area contributed by atoms with Gasteiger partial charge in [-0.05, 0) is 49.4 Å². The third-order valence-electron chi connectivity index (χ3n) is 5.99. The lowest BCUT2D eigenvalue weighted by Crippen LogP contribution is -2.43. The van der Waals surface area contributed by atoms with Crippen LogP contribution in [0.15, 0.2) is 48.5 Å². The maximum absolute atomic E-state index is 12.4. The van der Waals surface area contributed by atoms with Gasteiger partial charge in [-0.2, -0.15) is 0 Å². The average molecular weight is 439 g/mol. The lowest BCUT2D eigenvalue weighted by atomic mass is 9.98. The molecule has 0 saturated heterocycles. The van der Waals surface area contributed by atoms with Crippen LogP contribution in [0.1, 0.15) is 50.7 Å². The predicted molar refractivity (Wildman–Crippen MR) is 121 cm³/mol. The smallest absolute Gasteiger partial charge is 0.407 e. The Balaban J connectivity index is 1.51. The highest BCUT2D eigenvalue weighted by molar-refractivity contribution is 5.83. The van der Waals surface area contributed by atoms with Gasteiger partial charge in [-0.25, -0.2) is 9.59 Å². The first-order valence-electron chi connectivity index (χ1n) is 11.0. The number of likely N-dealkylation sites (N-methyl/N-ethyl adjacent to an activating group) is 1. The normalized spacial score (nSPS) is 14.1. The Hall–Kier alpha value is -3.35. The van der Waals surface area contributed by atoms with Gasteiger partial charge in [0.25, 0.3) is 0 Å². The van der Waals surface area contributed by atoms with Crippen molar-refractivity contribution >= 4 is 18.0 Å². The summed E-state index contributed by atoms with van der Waals surface area (Å²) in [6.45, 7) is 5.58. The molecular formula is C25H30N2O5. The largest absolute Gasteiger partial charge is 0.480 e. The molecule has 3 rings (SSSR count). The SMILES string of the molecule is CCN(C(=O)CCC(C)NC(=O)OCC1c2ccccc2-c2ccccc21)C(C)C(=O)O. The number of hydrogen-bond donors (Lipinski definition) is 2. The van der Waals surface area contributed by atoms with Crippen LogP contribution in [0.4, 0.5) is 4.79 Å². The number of ether oxygens (including phenoxy) is 1. The molecule has 0 aromatic heterocycles. The molecule has 2 atom stereocenters. The number of amides is 2. The number of carbonyl (C=O) groups excluding carboxylic acids is 2. The Kier molecular flexibility index (Phi) is 7.51. The summed E-state index contributed by atoms with van der Waals surface area (Å²) in [6.07, 6.45) is 0.0142. The molecule has 2 unspecified atom stereocenters. The van der Waals surface area contributed by atoms with E-state index < -0.39 is 18.1 Å². The van der Waals surface area contributed by atoms with Crippen molar-refractivity contribution in [3.05, 3.63) is 59.7 Å². The maximum atomic E-state index is 12.4. The summed E-state index contributed by atoms with van der Waals surface area (Å²) in [5, 5.41) is 11.9. The van der Waals surface area contributed by atoms with Crippen LogP contribution in [-0.4, -0.2) is 53.2 Å². The number of nitrogens with zero attached hydrogens (tertiary/aromatic N) is 1. The first-order chi connectivity index (χ1) is 15.3. The van der Waals surface area contributed by atoms with E-state index in [0.29, 0.717) is 13.0 Å². The van der Waals surface area contributed by atoms with Gasteiger partial charge in [0.2, 0.25) is 5.91 Å². The van der Waals surface area contributed by atoms with Crippen LogP contribution in [-0.2, 0) is 14.3 Å². The number of alkyl carbamates (subject to hydrolysis) is 1. The van der Waals surface area contributed by atoms with Crippen LogP contribution in [0.25, 0.3) is 11.1 Å². The van der Waals surface area contributed by atoms with Crippen LogP contribution in [0.3, 0.4) is 0 Å². The van der Waals surface area contributed by atoms with Crippen LogP contribution in [0, 0.1) is 0 Å². The highest BCUT2D eigenvalue weighted by Crippen LogP contribution is 2.44. The molecule has 7 heteroatoms. The topological polar surface area (TPSA) is 95.9 Å². The zero-order valence-corrected chi connectivity index (χ0v) is 18.7. The molecule has 7 nitrogen and oxygen atoms in total. The van der Waals surface area contributed by atoms with Crippen molar-refractivity contribution in [2.24, 2.45) is 0 Å². The summed E-state index contributed by atoms with van der Waals surface area (Å²) in [7, 11) is 0. The second kappa shape index (κ2) is 10.3. The third-order valence-corrected chi connectivity index (χ3v) is 5.99. The van der Waals surface area contributed by atoms with Crippen LogP contribution < -0.4 is 5.32 Å². The minimum Gasteiger partial charge on any atom is -0.480 e. The molecule has 2 amide bonds. The average Bonchev–Trinajstić information content (AvgIpc) is 3.10. The van der Waals surface area contributed by atoms with E-state index >= 15 is 0 Å². The molecule has 0 heterocycles. The minimum atomic E-state index is -1.04. The summed E-state index contributed by atoms with van der Waals surface area (Å²) < 4.78 is 5.53. The molecule has 0 spiro atoms. The first-order valence-corrected chi connectivity index (χ1v) is 11.0. The number of rotatable bonds is 9. The number of fused-ring (bicyclic) bond motifs is 3. The van der Waals surface area contributed by atoms with Gasteiger partial charge in [0.05, 0.1) is 0 Å². The van der Waals surface area contributed by atoms with Gasteiger partial charge in [0.1, 0.15) is 12.6 Å². The van der Waals surface area contributed by atoms with E-state index in [1.165, 1.54) is 23.0 Å². The molecule has 0 radical (unpaired) electrons. The van der Waals surface area contributed by atoms with Crippen molar-refractivity contribution < 1.29 is 24.2 Å². The Bertz CT molecular complexity index is 944. The van der Waals surface area contributed by atoms with Crippen molar-refractivity contribution in [2.75, 3.05) is 13.2 Å². The fourth-order valence-corrected chi connectivity index (χ4v) is 4.20. The second-order valence-corrected chi connectivity index (χ2v) is 8.10. The summed E-state index contributed by atoms with van der Waals surface area (Å²) in [5.74, 6) is -1.30. The number of carboxylic acids is 1. The van der Waals surface area contributed by atoms with Gasteiger partial charge < -0.3 is 20.1 Å². The first kappa shape index (κ1) is 23.3.